The number of carboxylic acid groups (broad SMARTS) is 1. The summed E-state index contributed by atoms with van der Waals surface area (Å²) in [4.78, 5) is 15.3. The second kappa shape index (κ2) is 4.66. The Bertz CT molecular complexity index is 602. The summed E-state index contributed by atoms with van der Waals surface area (Å²) in [7, 11) is 0. The third-order valence-corrected chi connectivity index (χ3v) is 3.98. The van der Waals surface area contributed by atoms with E-state index in [1.54, 1.807) is 15.7 Å². The zero-order chi connectivity index (χ0) is 14.2. The zero-order valence-corrected chi connectivity index (χ0v) is 11.0. The number of hydrogen-bond acceptors (Lipinski definition) is 6. The highest BCUT2D eigenvalue weighted by molar-refractivity contribution is 5.75. The van der Waals surface area contributed by atoms with Gasteiger partial charge in [-0.1, -0.05) is 6.42 Å². The third-order valence-electron chi connectivity index (χ3n) is 3.98. The molecule has 3 rings (SSSR count). The van der Waals surface area contributed by atoms with Crippen LogP contribution in [0.25, 0.3) is 0 Å². The van der Waals surface area contributed by atoms with Crippen molar-refractivity contribution < 1.29 is 9.90 Å². The van der Waals surface area contributed by atoms with Crippen LogP contribution < -0.4 is 0 Å². The predicted molar refractivity (Wildman–Crippen MR) is 65.6 cm³/mol. The molecule has 106 valence electrons. The van der Waals surface area contributed by atoms with Gasteiger partial charge in [0.25, 0.3) is 0 Å². The van der Waals surface area contributed by atoms with Crippen molar-refractivity contribution in [3.05, 3.63) is 18.5 Å². The van der Waals surface area contributed by atoms with Crippen molar-refractivity contribution in [3.8, 4) is 0 Å². The molecule has 20 heavy (non-hydrogen) atoms. The molecule has 0 aromatic carbocycles. The zero-order valence-electron chi connectivity index (χ0n) is 11.0. The predicted octanol–water partition coefficient (Wildman–Crippen LogP) is 0.129. The number of aliphatic carboxylic acids is 1. The Morgan fingerprint density at radius 2 is 2.35 bits per heavy atom. The van der Waals surface area contributed by atoms with Gasteiger partial charge in [-0.25, -0.2) is 14.3 Å². The van der Waals surface area contributed by atoms with E-state index < -0.39 is 11.4 Å². The molecule has 1 aliphatic carbocycles. The summed E-state index contributed by atoms with van der Waals surface area (Å²) >= 11 is 0. The average molecular weight is 277 g/mol. The molecule has 2 aromatic heterocycles. The van der Waals surface area contributed by atoms with Crippen molar-refractivity contribution in [2.45, 2.75) is 38.8 Å². The number of carbonyl (C=O) groups is 1. The van der Waals surface area contributed by atoms with Crippen molar-refractivity contribution in [1.82, 2.24) is 35.0 Å². The number of tetrazole rings is 1. The van der Waals surface area contributed by atoms with Crippen LogP contribution in [0.15, 0.2) is 12.7 Å². The minimum Gasteiger partial charge on any atom is -0.481 e. The van der Waals surface area contributed by atoms with Gasteiger partial charge in [-0.05, 0) is 30.2 Å². The molecular formula is C11H15N7O2. The standard InChI is InChI=1S/C11H15N7O2/c1-8(18-7-12-6-13-18)9-14-15-16-17(9)5-11(10(19)20)3-2-4-11/h6-8H,2-5H2,1H3,(H,19,20). The van der Waals surface area contributed by atoms with Crippen LogP contribution in [-0.4, -0.2) is 46.0 Å². The normalized spacial score (nSPS) is 18.4. The van der Waals surface area contributed by atoms with Crippen molar-refractivity contribution in [3.63, 3.8) is 0 Å². The molecule has 9 nitrogen and oxygen atoms in total. The Morgan fingerprint density at radius 1 is 1.55 bits per heavy atom. The third kappa shape index (κ3) is 1.95. The fraction of sp³-hybridized carbons (Fsp3) is 0.636. The summed E-state index contributed by atoms with van der Waals surface area (Å²) in [5, 5.41) is 25.0. The van der Waals surface area contributed by atoms with Crippen LogP contribution in [0.2, 0.25) is 0 Å². The maximum atomic E-state index is 11.4. The van der Waals surface area contributed by atoms with Crippen LogP contribution in [0.3, 0.4) is 0 Å². The first kappa shape index (κ1) is 12.7. The largest absolute Gasteiger partial charge is 0.481 e. The van der Waals surface area contributed by atoms with Gasteiger partial charge < -0.3 is 5.11 Å². The van der Waals surface area contributed by atoms with Gasteiger partial charge in [-0.15, -0.1) is 5.10 Å². The maximum Gasteiger partial charge on any atom is 0.311 e. The summed E-state index contributed by atoms with van der Waals surface area (Å²) in [6.07, 6.45) is 5.29. The molecule has 0 radical (unpaired) electrons. The van der Waals surface area contributed by atoms with Crippen LogP contribution in [-0.2, 0) is 11.3 Å². The molecule has 9 heteroatoms. The second-order valence-electron chi connectivity index (χ2n) is 5.19. The molecule has 0 spiro atoms. The quantitative estimate of drug-likeness (QED) is 0.826. The summed E-state index contributed by atoms with van der Waals surface area (Å²) in [5.41, 5.74) is -0.730. The van der Waals surface area contributed by atoms with Gasteiger partial charge in [-0.3, -0.25) is 4.79 Å². The van der Waals surface area contributed by atoms with Gasteiger partial charge in [-0.2, -0.15) is 5.10 Å². The van der Waals surface area contributed by atoms with Crippen molar-refractivity contribution in [2.24, 2.45) is 5.41 Å². The van der Waals surface area contributed by atoms with Crippen LogP contribution in [0.1, 0.15) is 38.1 Å². The van der Waals surface area contributed by atoms with Crippen molar-refractivity contribution in [2.75, 3.05) is 0 Å². The van der Waals surface area contributed by atoms with E-state index in [2.05, 4.69) is 25.6 Å². The molecule has 1 saturated carbocycles. The molecule has 1 atom stereocenters. The number of aromatic nitrogens is 7. The minimum absolute atomic E-state index is 0.196. The molecule has 0 aliphatic heterocycles. The lowest BCUT2D eigenvalue weighted by Crippen LogP contribution is -2.42. The SMILES string of the molecule is CC(c1nnnn1CC1(C(=O)O)CCC1)n1cncn1. The molecule has 2 heterocycles. The molecule has 1 fully saturated rings. The number of nitrogens with zero attached hydrogens (tertiary/aromatic N) is 7. The first-order chi connectivity index (χ1) is 9.62. The maximum absolute atomic E-state index is 11.4. The Kier molecular flexibility index (Phi) is 2.96. The number of rotatable bonds is 5. The fourth-order valence-corrected chi connectivity index (χ4v) is 2.49. The lowest BCUT2D eigenvalue weighted by Gasteiger charge is -2.37. The van der Waals surface area contributed by atoms with E-state index in [1.807, 2.05) is 6.92 Å². The van der Waals surface area contributed by atoms with E-state index in [0.29, 0.717) is 25.2 Å². The molecular weight excluding hydrogens is 262 g/mol. The van der Waals surface area contributed by atoms with Gasteiger partial charge >= 0.3 is 5.97 Å². The van der Waals surface area contributed by atoms with Crippen LogP contribution in [0.4, 0.5) is 0 Å². The molecule has 0 amide bonds. The van der Waals surface area contributed by atoms with Crippen molar-refractivity contribution >= 4 is 5.97 Å². The first-order valence-corrected chi connectivity index (χ1v) is 6.46. The Balaban J connectivity index is 1.85. The smallest absolute Gasteiger partial charge is 0.311 e. The number of carboxylic acids is 1. The number of hydrogen-bond donors (Lipinski definition) is 1. The summed E-state index contributed by atoms with van der Waals surface area (Å²) in [6.45, 7) is 2.19. The fourth-order valence-electron chi connectivity index (χ4n) is 2.49. The topological polar surface area (TPSA) is 112 Å². The van der Waals surface area contributed by atoms with E-state index in [9.17, 15) is 9.90 Å². The van der Waals surface area contributed by atoms with Crippen LogP contribution >= 0.6 is 0 Å². The van der Waals surface area contributed by atoms with Gasteiger partial charge in [0.05, 0.1) is 12.0 Å². The average Bonchev–Trinajstić information content (AvgIpc) is 3.03. The monoisotopic (exact) mass is 277 g/mol. The van der Waals surface area contributed by atoms with E-state index in [4.69, 9.17) is 0 Å². The summed E-state index contributed by atoms with van der Waals surface area (Å²) < 4.78 is 3.20. The highest BCUT2D eigenvalue weighted by atomic mass is 16.4. The van der Waals surface area contributed by atoms with Gasteiger partial charge in [0.1, 0.15) is 18.7 Å². The van der Waals surface area contributed by atoms with Crippen LogP contribution in [0, 0.1) is 5.41 Å². The summed E-state index contributed by atoms with van der Waals surface area (Å²) in [6, 6.07) is -0.196. The second-order valence-corrected chi connectivity index (χ2v) is 5.19. The molecule has 2 aromatic rings. The Morgan fingerprint density at radius 3 is 2.90 bits per heavy atom. The Hall–Kier alpha value is -2.32. The van der Waals surface area contributed by atoms with Crippen LogP contribution in [0.5, 0.6) is 0 Å². The molecule has 1 N–H and O–H groups in total. The highest BCUT2D eigenvalue weighted by Crippen LogP contribution is 2.42. The molecule has 0 bridgehead atoms. The minimum atomic E-state index is -0.779. The lowest BCUT2D eigenvalue weighted by molar-refractivity contribution is -0.156. The van der Waals surface area contributed by atoms with E-state index in [-0.39, 0.29) is 6.04 Å². The highest BCUT2D eigenvalue weighted by Gasteiger charge is 2.45. The van der Waals surface area contributed by atoms with E-state index in [0.717, 1.165) is 6.42 Å². The summed E-state index contributed by atoms with van der Waals surface area (Å²) in [5.74, 6) is -0.193. The van der Waals surface area contributed by atoms with Gasteiger partial charge in [0.15, 0.2) is 5.82 Å². The first-order valence-electron chi connectivity index (χ1n) is 6.46. The lowest BCUT2D eigenvalue weighted by atomic mass is 9.69. The molecule has 1 aliphatic rings. The molecule has 0 saturated heterocycles. The van der Waals surface area contributed by atoms with Crippen molar-refractivity contribution in [1.29, 1.82) is 0 Å². The van der Waals surface area contributed by atoms with Gasteiger partial charge in [0, 0.05) is 0 Å². The van der Waals surface area contributed by atoms with E-state index >= 15 is 0 Å². The Labute approximate surface area is 114 Å². The van der Waals surface area contributed by atoms with E-state index in [1.165, 1.54) is 6.33 Å². The van der Waals surface area contributed by atoms with Gasteiger partial charge in [0.2, 0.25) is 0 Å². The molecule has 1 unspecified atom stereocenters.